The predicted octanol–water partition coefficient (Wildman–Crippen LogP) is 13.4. The molecule has 4 aromatic heterocycles. The van der Waals surface area contributed by atoms with Crippen molar-refractivity contribution in [2.24, 2.45) is 0 Å². The quantitative estimate of drug-likeness (QED) is 0.176. The number of hydrogen-bond donors (Lipinski definition) is 0. The van der Waals surface area contributed by atoms with Gasteiger partial charge in [0.1, 0.15) is 22.3 Å². The number of furan rings is 2. The molecule has 0 fully saturated rings. The molecule has 12 aromatic rings. The molecule has 0 amide bonds. The lowest BCUT2D eigenvalue weighted by Crippen LogP contribution is -2.00. The zero-order valence-corrected chi connectivity index (χ0v) is 30.4. The fraction of sp³-hybridized carbons (Fsp3) is 0. The van der Waals surface area contributed by atoms with Crippen LogP contribution in [0.15, 0.2) is 191 Å². The van der Waals surface area contributed by atoms with Gasteiger partial charge >= 0.3 is 0 Å². The molecule has 0 atom stereocenters. The minimum atomic E-state index is 0.554. The second-order valence-electron chi connectivity index (χ2n) is 14.4. The van der Waals surface area contributed by atoms with Gasteiger partial charge in [-0.2, -0.15) is 0 Å². The van der Waals surface area contributed by atoms with Gasteiger partial charge in [0.2, 0.25) is 0 Å². The zero-order chi connectivity index (χ0) is 37.5. The molecular formula is C51H30N4O2. The van der Waals surface area contributed by atoms with E-state index in [4.69, 9.17) is 23.8 Å². The maximum atomic E-state index is 6.54. The molecule has 6 nitrogen and oxygen atoms in total. The van der Waals surface area contributed by atoms with Gasteiger partial charge in [0, 0.05) is 54.7 Å². The van der Waals surface area contributed by atoms with Crippen LogP contribution >= 0.6 is 0 Å². The van der Waals surface area contributed by atoms with Crippen LogP contribution in [0.5, 0.6) is 0 Å². The van der Waals surface area contributed by atoms with Crippen LogP contribution in [0.4, 0.5) is 0 Å². The smallest absolute Gasteiger partial charge is 0.164 e. The third-order valence-corrected chi connectivity index (χ3v) is 11.1. The van der Waals surface area contributed by atoms with Gasteiger partial charge in [0.05, 0.1) is 11.0 Å². The Morgan fingerprint density at radius 3 is 1.72 bits per heavy atom. The van der Waals surface area contributed by atoms with Crippen molar-refractivity contribution in [2.75, 3.05) is 0 Å². The summed E-state index contributed by atoms with van der Waals surface area (Å²) in [6, 6.07) is 62.7. The van der Waals surface area contributed by atoms with Crippen molar-refractivity contribution in [3.63, 3.8) is 0 Å². The van der Waals surface area contributed by atoms with E-state index in [1.165, 1.54) is 10.8 Å². The molecule has 0 aliphatic carbocycles. The first-order valence-electron chi connectivity index (χ1n) is 19.0. The van der Waals surface area contributed by atoms with E-state index in [0.717, 1.165) is 88.4 Å². The van der Waals surface area contributed by atoms with E-state index in [9.17, 15) is 0 Å². The Morgan fingerprint density at radius 2 is 0.912 bits per heavy atom. The predicted molar refractivity (Wildman–Crippen MR) is 230 cm³/mol. The Labute approximate surface area is 325 Å². The van der Waals surface area contributed by atoms with E-state index in [1.54, 1.807) is 0 Å². The average Bonchev–Trinajstić information content (AvgIpc) is 3.95. The Bertz CT molecular complexity index is 3490. The molecule has 0 aliphatic heterocycles. The average molecular weight is 731 g/mol. The number of nitrogens with zero attached hydrogens (tertiary/aromatic N) is 4. The number of aromatic nitrogens is 4. The van der Waals surface area contributed by atoms with Crippen LogP contribution in [0.3, 0.4) is 0 Å². The summed E-state index contributed by atoms with van der Waals surface area (Å²) in [6.45, 7) is 0. The SMILES string of the molecule is c1ccc(-c2cccc(-c3nc(-c4ccc5c(c4)oc4ccccc45)nc(-c4cccc5oc6ccc(-n7c8ccccc8c8ccccc87)cc6c45)n3)c2)cc1. The topological polar surface area (TPSA) is 69.9 Å². The molecule has 266 valence electrons. The van der Waals surface area contributed by atoms with Crippen LogP contribution in [0, 0.1) is 0 Å². The fourth-order valence-corrected chi connectivity index (χ4v) is 8.43. The zero-order valence-electron chi connectivity index (χ0n) is 30.4. The van der Waals surface area contributed by atoms with Gasteiger partial charge in [0.15, 0.2) is 17.5 Å². The van der Waals surface area contributed by atoms with Crippen molar-refractivity contribution >= 4 is 65.7 Å². The standard InChI is InChI=1S/C51H30N4O2/c1-2-12-31(13-3-1)32-14-10-15-33(28-32)49-52-50(34-24-26-39-38-18-6-9-22-44(38)57-47(39)29-34)54-51(53-49)40-19-11-23-46-48(40)41-30-35(25-27-45(41)56-46)55-42-20-7-4-16-36(42)37-17-5-8-21-43(37)55/h1-30H. The Hall–Kier alpha value is -7.83. The van der Waals surface area contributed by atoms with Crippen LogP contribution in [-0.2, 0) is 0 Å². The summed E-state index contributed by atoms with van der Waals surface area (Å²) in [5.74, 6) is 1.69. The van der Waals surface area contributed by atoms with Crippen LogP contribution in [-0.4, -0.2) is 19.5 Å². The summed E-state index contributed by atoms with van der Waals surface area (Å²) in [5, 5.41) is 6.49. The van der Waals surface area contributed by atoms with Crippen LogP contribution in [0.25, 0.3) is 117 Å². The van der Waals surface area contributed by atoms with Crippen molar-refractivity contribution < 1.29 is 8.83 Å². The molecule has 0 radical (unpaired) electrons. The monoisotopic (exact) mass is 730 g/mol. The second kappa shape index (κ2) is 12.3. The van der Waals surface area contributed by atoms with E-state index < -0.39 is 0 Å². The molecule has 0 unspecified atom stereocenters. The van der Waals surface area contributed by atoms with Crippen LogP contribution in [0.2, 0.25) is 0 Å². The minimum Gasteiger partial charge on any atom is -0.456 e. The minimum absolute atomic E-state index is 0.554. The van der Waals surface area contributed by atoms with Crippen molar-refractivity contribution in [3.05, 3.63) is 182 Å². The van der Waals surface area contributed by atoms with Gasteiger partial charge in [-0.1, -0.05) is 121 Å². The molecule has 0 saturated heterocycles. The third-order valence-electron chi connectivity index (χ3n) is 11.1. The van der Waals surface area contributed by atoms with E-state index >= 15 is 0 Å². The molecule has 0 spiro atoms. The van der Waals surface area contributed by atoms with Crippen molar-refractivity contribution in [1.29, 1.82) is 0 Å². The molecule has 0 aliphatic rings. The second-order valence-corrected chi connectivity index (χ2v) is 14.4. The van der Waals surface area contributed by atoms with E-state index in [1.807, 2.05) is 42.5 Å². The lowest BCUT2D eigenvalue weighted by Gasteiger charge is -2.11. The molecule has 0 saturated carbocycles. The van der Waals surface area contributed by atoms with Gasteiger partial charge in [-0.15, -0.1) is 0 Å². The summed E-state index contributed by atoms with van der Waals surface area (Å²) < 4.78 is 15.2. The first-order valence-corrected chi connectivity index (χ1v) is 19.0. The van der Waals surface area contributed by atoms with Gasteiger partial charge in [-0.25, -0.2) is 15.0 Å². The molecule has 6 heteroatoms. The number of rotatable bonds is 5. The molecule has 57 heavy (non-hydrogen) atoms. The van der Waals surface area contributed by atoms with E-state index in [0.29, 0.717) is 17.5 Å². The van der Waals surface area contributed by atoms with Gasteiger partial charge in [0.25, 0.3) is 0 Å². The number of para-hydroxylation sites is 3. The molecule has 0 bridgehead atoms. The summed E-state index contributed by atoms with van der Waals surface area (Å²) in [5.41, 5.74) is 11.3. The highest BCUT2D eigenvalue weighted by Crippen LogP contribution is 2.40. The molecule has 0 N–H and O–H groups in total. The molecule has 8 aromatic carbocycles. The molecular weight excluding hydrogens is 701 g/mol. The summed E-state index contributed by atoms with van der Waals surface area (Å²) in [7, 11) is 0. The molecule has 4 heterocycles. The normalized spacial score (nSPS) is 11.9. The van der Waals surface area contributed by atoms with E-state index in [2.05, 4.69) is 144 Å². The lowest BCUT2D eigenvalue weighted by molar-refractivity contribution is 0.668. The maximum Gasteiger partial charge on any atom is 0.164 e. The van der Waals surface area contributed by atoms with Gasteiger partial charge in [-0.3, -0.25) is 0 Å². The van der Waals surface area contributed by atoms with Crippen molar-refractivity contribution in [2.45, 2.75) is 0 Å². The number of benzene rings is 8. The molecule has 12 rings (SSSR count). The van der Waals surface area contributed by atoms with Gasteiger partial charge < -0.3 is 13.4 Å². The third kappa shape index (κ3) is 5.01. The Morgan fingerprint density at radius 1 is 0.333 bits per heavy atom. The number of fused-ring (bicyclic) bond motifs is 9. The van der Waals surface area contributed by atoms with Crippen LogP contribution < -0.4 is 0 Å². The Kier molecular flexibility index (Phi) is 6.83. The van der Waals surface area contributed by atoms with Crippen LogP contribution in [0.1, 0.15) is 0 Å². The van der Waals surface area contributed by atoms with Crippen molar-refractivity contribution in [3.8, 4) is 51.0 Å². The highest BCUT2D eigenvalue weighted by atomic mass is 16.3. The largest absolute Gasteiger partial charge is 0.456 e. The first kappa shape index (κ1) is 31.5. The summed E-state index contributed by atoms with van der Waals surface area (Å²) >= 11 is 0. The Balaban J connectivity index is 1.09. The highest BCUT2D eigenvalue weighted by molar-refractivity contribution is 6.14. The lowest BCUT2D eigenvalue weighted by atomic mass is 10.0. The summed E-state index contributed by atoms with van der Waals surface area (Å²) in [4.78, 5) is 15.6. The highest BCUT2D eigenvalue weighted by Gasteiger charge is 2.20. The summed E-state index contributed by atoms with van der Waals surface area (Å²) in [6.07, 6.45) is 0. The van der Waals surface area contributed by atoms with E-state index in [-0.39, 0.29) is 0 Å². The maximum absolute atomic E-state index is 6.54. The first-order chi connectivity index (χ1) is 28.2. The fourth-order valence-electron chi connectivity index (χ4n) is 8.43. The number of hydrogen-bond acceptors (Lipinski definition) is 5. The van der Waals surface area contributed by atoms with Gasteiger partial charge in [-0.05, 0) is 71.8 Å². The van der Waals surface area contributed by atoms with Crippen molar-refractivity contribution in [1.82, 2.24) is 19.5 Å².